The maximum absolute atomic E-state index is 12.4. The van der Waals surface area contributed by atoms with Crippen LogP contribution in [0.1, 0.15) is 6.92 Å². The molecule has 1 aliphatic heterocycles. The van der Waals surface area contributed by atoms with Gasteiger partial charge in [-0.2, -0.15) is 11.8 Å². The maximum atomic E-state index is 12.4. The highest BCUT2D eigenvalue weighted by Crippen LogP contribution is 2.21. The summed E-state index contributed by atoms with van der Waals surface area (Å²) in [6, 6.07) is 1.94. The minimum Gasteiger partial charge on any atom is -0.301 e. The van der Waals surface area contributed by atoms with Gasteiger partial charge in [-0.25, -0.2) is 4.98 Å². The molecular weight excluding hydrogens is 322 g/mol. The average Bonchev–Trinajstić information content (AvgIpc) is 2.97. The van der Waals surface area contributed by atoms with Crippen molar-refractivity contribution in [3.8, 4) is 0 Å². The highest BCUT2D eigenvalue weighted by Gasteiger charge is 2.13. The predicted molar refractivity (Wildman–Crippen MR) is 94.0 cm³/mol. The molecule has 1 fully saturated rings. The van der Waals surface area contributed by atoms with Crippen LogP contribution in [-0.4, -0.2) is 51.3 Å². The van der Waals surface area contributed by atoms with Crippen LogP contribution < -0.4 is 5.56 Å². The molecule has 3 heterocycles. The van der Waals surface area contributed by atoms with E-state index >= 15 is 0 Å². The molecule has 2 aromatic heterocycles. The van der Waals surface area contributed by atoms with E-state index in [1.807, 2.05) is 30.1 Å². The van der Waals surface area contributed by atoms with Gasteiger partial charge in [0.15, 0.2) is 5.16 Å². The average molecular weight is 342 g/mol. The Morgan fingerprint density at radius 1 is 1.38 bits per heavy atom. The van der Waals surface area contributed by atoms with Crippen LogP contribution >= 0.6 is 34.9 Å². The van der Waals surface area contributed by atoms with Gasteiger partial charge < -0.3 is 4.90 Å². The molecule has 114 valence electrons. The van der Waals surface area contributed by atoms with E-state index in [9.17, 15) is 4.79 Å². The maximum Gasteiger partial charge on any atom is 0.272 e. The highest BCUT2D eigenvalue weighted by atomic mass is 32.2. The fraction of sp³-hybridized carbons (Fsp3) is 0.571. The van der Waals surface area contributed by atoms with Gasteiger partial charge in [0.25, 0.3) is 5.56 Å². The minimum absolute atomic E-state index is 0.106. The van der Waals surface area contributed by atoms with Gasteiger partial charge in [0.05, 0.1) is 5.52 Å². The number of hydrogen-bond acceptors (Lipinski definition) is 6. The third-order valence-corrected chi connectivity index (χ3v) is 6.38. The molecule has 0 aliphatic carbocycles. The van der Waals surface area contributed by atoms with Crippen molar-refractivity contribution in [2.24, 2.45) is 0 Å². The molecule has 1 saturated heterocycles. The third-order valence-electron chi connectivity index (χ3n) is 3.59. The van der Waals surface area contributed by atoms with Crippen molar-refractivity contribution >= 4 is 45.1 Å². The topological polar surface area (TPSA) is 38.1 Å². The summed E-state index contributed by atoms with van der Waals surface area (Å²) in [6.45, 7) is 6.13. The molecule has 0 spiro atoms. The van der Waals surface area contributed by atoms with E-state index in [0.29, 0.717) is 6.54 Å². The Hall–Kier alpha value is -0.500. The SMILES string of the molecule is CCn1c(SCCN2CCSCC2)nc2ccsc2c1=O. The molecular formula is C14H19N3OS3. The monoisotopic (exact) mass is 341 g/mol. The Labute approximate surface area is 136 Å². The van der Waals surface area contributed by atoms with Crippen molar-refractivity contribution in [1.82, 2.24) is 14.5 Å². The Bertz CT molecular complexity index is 661. The molecule has 21 heavy (non-hydrogen) atoms. The molecule has 0 unspecified atom stereocenters. The van der Waals surface area contributed by atoms with E-state index in [4.69, 9.17) is 0 Å². The molecule has 0 aromatic carbocycles. The second-order valence-electron chi connectivity index (χ2n) is 4.88. The summed E-state index contributed by atoms with van der Waals surface area (Å²) >= 11 is 5.22. The third kappa shape index (κ3) is 3.47. The van der Waals surface area contributed by atoms with E-state index in [0.717, 1.165) is 27.7 Å². The molecule has 0 atom stereocenters. The van der Waals surface area contributed by atoms with Gasteiger partial charge in [-0.3, -0.25) is 9.36 Å². The number of thioether (sulfide) groups is 2. The Balaban J connectivity index is 1.72. The van der Waals surface area contributed by atoms with Crippen molar-refractivity contribution in [3.05, 3.63) is 21.8 Å². The second-order valence-corrected chi connectivity index (χ2v) is 8.08. The van der Waals surface area contributed by atoms with E-state index in [-0.39, 0.29) is 5.56 Å². The zero-order valence-corrected chi connectivity index (χ0v) is 14.5. The van der Waals surface area contributed by atoms with Crippen LogP contribution in [0.5, 0.6) is 0 Å². The summed E-state index contributed by atoms with van der Waals surface area (Å²) in [6.07, 6.45) is 0. The number of hydrogen-bond donors (Lipinski definition) is 0. The standard InChI is InChI=1S/C14H19N3OS3/c1-2-17-13(18)12-11(3-7-20-12)15-14(17)21-10-6-16-4-8-19-9-5-16/h3,7H,2,4-6,8-10H2,1H3. The van der Waals surface area contributed by atoms with Crippen molar-refractivity contribution in [2.75, 3.05) is 36.9 Å². The normalized spacial score (nSPS) is 16.6. The Morgan fingerprint density at radius 2 is 2.19 bits per heavy atom. The lowest BCUT2D eigenvalue weighted by atomic mass is 10.4. The minimum atomic E-state index is 0.106. The van der Waals surface area contributed by atoms with Gasteiger partial charge in [0, 0.05) is 43.4 Å². The number of nitrogens with zero attached hydrogens (tertiary/aromatic N) is 3. The Kier molecular flexibility index (Phi) is 5.26. The van der Waals surface area contributed by atoms with Crippen LogP contribution in [0.3, 0.4) is 0 Å². The summed E-state index contributed by atoms with van der Waals surface area (Å²) in [5.41, 5.74) is 0.945. The fourth-order valence-corrected chi connectivity index (χ4v) is 5.22. The van der Waals surface area contributed by atoms with Crippen LogP contribution in [-0.2, 0) is 6.54 Å². The van der Waals surface area contributed by atoms with Gasteiger partial charge in [0.1, 0.15) is 4.70 Å². The van der Waals surface area contributed by atoms with Gasteiger partial charge in [0.2, 0.25) is 0 Å². The zero-order valence-electron chi connectivity index (χ0n) is 12.1. The van der Waals surface area contributed by atoms with Crippen LogP contribution in [0.2, 0.25) is 0 Å². The summed E-state index contributed by atoms with van der Waals surface area (Å²) < 4.78 is 2.57. The van der Waals surface area contributed by atoms with Crippen molar-refractivity contribution in [3.63, 3.8) is 0 Å². The molecule has 0 bridgehead atoms. The molecule has 0 radical (unpaired) electrons. The lowest BCUT2D eigenvalue weighted by Crippen LogP contribution is -2.34. The van der Waals surface area contributed by atoms with Crippen molar-refractivity contribution < 1.29 is 0 Å². The Morgan fingerprint density at radius 3 is 2.95 bits per heavy atom. The van der Waals surface area contributed by atoms with E-state index < -0.39 is 0 Å². The van der Waals surface area contributed by atoms with Crippen LogP contribution in [0.4, 0.5) is 0 Å². The van der Waals surface area contributed by atoms with Crippen LogP contribution in [0.25, 0.3) is 10.2 Å². The molecule has 7 heteroatoms. The second kappa shape index (κ2) is 7.17. The zero-order chi connectivity index (χ0) is 14.7. The van der Waals surface area contributed by atoms with Gasteiger partial charge >= 0.3 is 0 Å². The van der Waals surface area contributed by atoms with E-state index in [1.165, 1.54) is 35.9 Å². The highest BCUT2D eigenvalue weighted by molar-refractivity contribution is 7.99. The molecule has 3 rings (SSSR count). The van der Waals surface area contributed by atoms with Gasteiger partial charge in [-0.15, -0.1) is 11.3 Å². The molecule has 0 N–H and O–H groups in total. The van der Waals surface area contributed by atoms with E-state index in [1.54, 1.807) is 16.3 Å². The molecule has 2 aromatic rings. The predicted octanol–water partition coefficient (Wildman–Crippen LogP) is 2.62. The first-order valence-electron chi connectivity index (χ1n) is 7.20. The van der Waals surface area contributed by atoms with Gasteiger partial charge in [-0.05, 0) is 18.4 Å². The first-order valence-corrected chi connectivity index (χ1v) is 10.2. The number of aromatic nitrogens is 2. The first-order chi connectivity index (χ1) is 10.3. The summed E-state index contributed by atoms with van der Waals surface area (Å²) in [5.74, 6) is 3.47. The quantitative estimate of drug-likeness (QED) is 0.617. The molecule has 4 nitrogen and oxygen atoms in total. The fourth-order valence-electron chi connectivity index (χ4n) is 2.40. The summed E-state index contributed by atoms with van der Waals surface area (Å²) in [7, 11) is 0. The molecule has 0 amide bonds. The smallest absolute Gasteiger partial charge is 0.272 e. The number of thiophene rings is 1. The summed E-state index contributed by atoms with van der Waals surface area (Å²) in [5, 5.41) is 2.80. The number of rotatable bonds is 5. The van der Waals surface area contributed by atoms with Gasteiger partial charge in [-0.1, -0.05) is 11.8 Å². The van der Waals surface area contributed by atoms with E-state index in [2.05, 4.69) is 9.88 Å². The lowest BCUT2D eigenvalue weighted by Gasteiger charge is -2.25. The summed E-state index contributed by atoms with van der Waals surface area (Å²) in [4.78, 5) is 19.6. The lowest BCUT2D eigenvalue weighted by molar-refractivity contribution is 0.322. The van der Waals surface area contributed by atoms with Crippen LogP contribution in [0.15, 0.2) is 21.4 Å². The number of fused-ring (bicyclic) bond motifs is 1. The van der Waals surface area contributed by atoms with Crippen molar-refractivity contribution in [2.45, 2.75) is 18.6 Å². The van der Waals surface area contributed by atoms with Crippen molar-refractivity contribution in [1.29, 1.82) is 0 Å². The molecule has 1 aliphatic rings. The first kappa shape index (κ1) is 15.4. The van der Waals surface area contributed by atoms with Crippen LogP contribution in [0, 0.1) is 0 Å². The molecule has 0 saturated carbocycles. The largest absolute Gasteiger partial charge is 0.301 e.